The highest BCUT2D eigenvalue weighted by Crippen LogP contribution is 2.37. The maximum absolute atomic E-state index is 11.2. The second kappa shape index (κ2) is 8.58. The summed E-state index contributed by atoms with van der Waals surface area (Å²) in [5.74, 6) is 0.0811. The maximum atomic E-state index is 11.2. The molecule has 1 aliphatic rings. The third-order valence-corrected chi connectivity index (χ3v) is 6.24. The molecule has 1 N–H and O–H groups in total. The van der Waals surface area contributed by atoms with Gasteiger partial charge in [-0.15, -0.1) is 0 Å². The summed E-state index contributed by atoms with van der Waals surface area (Å²) in [4.78, 5) is 15.4. The highest BCUT2D eigenvalue weighted by molar-refractivity contribution is 7.99. The van der Waals surface area contributed by atoms with Gasteiger partial charge in [0.05, 0.1) is 4.90 Å². The van der Waals surface area contributed by atoms with Crippen LogP contribution in [0.2, 0.25) is 0 Å². The van der Waals surface area contributed by atoms with Gasteiger partial charge >= 0.3 is 5.97 Å². The Morgan fingerprint density at radius 1 is 1.18 bits per heavy atom. The molecule has 0 amide bonds. The number of hydrogen-bond donors (Lipinski definition) is 1. The van der Waals surface area contributed by atoms with E-state index in [1.165, 1.54) is 10.5 Å². The normalized spacial score (nSPS) is 18.8. The van der Waals surface area contributed by atoms with Gasteiger partial charge in [-0.25, -0.2) is 0 Å². The first-order valence-corrected chi connectivity index (χ1v) is 10.6. The van der Waals surface area contributed by atoms with Gasteiger partial charge in [0.1, 0.15) is 17.9 Å². The molecule has 3 rings (SSSR count). The van der Waals surface area contributed by atoms with E-state index in [-0.39, 0.29) is 11.5 Å². The van der Waals surface area contributed by atoms with Crippen LogP contribution in [0.4, 0.5) is 0 Å². The second-order valence-corrected chi connectivity index (χ2v) is 9.48. The van der Waals surface area contributed by atoms with Crippen molar-refractivity contribution >= 4 is 17.7 Å². The van der Waals surface area contributed by atoms with Crippen LogP contribution in [0, 0.1) is 0 Å². The minimum Gasteiger partial charge on any atom is -0.488 e. The van der Waals surface area contributed by atoms with Crippen LogP contribution in [0.3, 0.4) is 0 Å². The molecule has 28 heavy (non-hydrogen) atoms. The number of aliphatic carboxylic acids is 1. The van der Waals surface area contributed by atoms with Crippen molar-refractivity contribution in [2.45, 2.75) is 61.5 Å². The molecular weight excluding hydrogens is 370 g/mol. The molecule has 0 saturated carbocycles. The van der Waals surface area contributed by atoms with Gasteiger partial charge in [-0.3, -0.25) is 9.69 Å². The van der Waals surface area contributed by atoms with Crippen molar-refractivity contribution in [2.24, 2.45) is 0 Å². The molecule has 150 valence electrons. The number of nitrogens with zero attached hydrogens (tertiary/aromatic N) is 1. The zero-order valence-electron chi connectivity index (χ0n) is 17.0. The van der Waals surface area contributed by atoms with E-state index in [0.29, 0.717) is 6.54 Å². The maximum Gasteiger partial charge on any atom is 0.320 e. The number of carboxylic acids is 1. The number of para-hydroxylation sites is 1. The number of carbonyl (C=O) groups is 1. The number of rotatable bonds is 6. The topological polar surface area (TPSA) is 49.8 Å². The van der Waals surface area contributed by atoms with Crippen molar-refractivity contribution in [3.05, 3.63) is 54.1 Å². The number of ether oxygens (including phenoxy) is 1. The summed E-state index contributed by atoms with van der Waals surface area (Å²) in [5.41, 5.74) is 1.46. The molecule has 0 aliphatic carbocycles. The summed E-state index contributed by atoms with van der Waals surface area (Å²) in [5, 5.41) is 9.21. The van der Waals surface area contributed by atoms with Crippen LogP contribution in [-0.2, 0) is 10.2 Å². The lowest BCUT2D eigenvalue weighted by atomic mass is 9.87. The molecule has 0 radical (unpaired) electrons. The van der Waals surface area contributed by atoms with Gasteiger partial charge in [0.2, 0.25) is 0 Å². The summed E-state index contributed by atoms with van der Waals surface area (Å²) in [6, 6.07) is 16.3. The van der Waals surface area contributed by atoms with Crippen molar-refractivity contribution in [1.82, 2.24) is 4.90 Å². The Morgan fingerprint density at radius 3 is 2.50 bits per heavy atom. The van der Waals surface area contributed by atoms with Crippen LogP contribution < -0.4 is 4.74 Å². The summed E-state index contributed by atoms with van der Waals surface area (Å²) < 4.78 is 6.26. The Morgan fingerprint density at radius 2 is 1.86 bits per heavy atom. The fourth-order valence-corrected chi connectivity index (χ4v) is 4.21. The van der Waals surface area contributed by atoms with Crippen molar-refractivity contribution in [1.29, 1.82) is 0 Å². The molecule has 0 unspecified atom stereocenters. The quantitative estimate of drug-likeness (QED) is 0.736. The Kier molecular flexibility index (Phi) is 6.36. The lowest BCUT2D eigenvalue weighted by Gasteiger charge is -2.21. The first-order chi connectivity index (χ1) is 13.2. The van der Waals surface area contributed by atoms with Crippen molar-refractivity contribution in [3.63, 3.8) is 0 Å². The lowest BCUT2D eigenvalue weighted by molar-refractivity contribution is -0.142. The van der Waals surface area contributed by atoms with Crippen molar-refractivity contribution in [2.75, 3.05) is 13.1 Å². The minimum atomic E-state index is -0.782. The number of likely N-dealkylation sites (tertiary alicyclic amines) is 1. The van der Waals surface area contributed by atoms with E-state index in [2.05, 4.69) is 51.1 Å². The highest BCUT2D eigenvalue weighted by Gasteiger charge is 2.30. The standard InChI is InChI=1S/C23H29NO3S/c1-16(22(25)26)24-14-13-18(15-24)27-20-7-5-6-8-21(20)28-19-11-9-17(10-12-19)23(2,3)4/h5-12,16,18H,13-15H2,1-4H3,(H,25,26)/t16-,18+/m0/s1. The predicted molar refractivity (Wildman–Crippen MR) is 113 cm³/mol. The number of benzene rings is 2. The number of carboxylic acid groups (broad SMARTS) is 1. The highest BCUT2D eigenvalue weighted by atomic mass is 32.2. The van der Waals surface area contributed by atoms with Gasteiger partial charge < -0.3 is 9.84 Å². The van der Waals surface area contributed by atoms with Gasteiger partial charge in [-0.1, -0.05) is 56.8 Å². The third-order valence-electron chi connectivity index (χ3n) is 5.17. The van der Waals surface area contributed by atoms with Crippen LogP contribution in [-0.4, -0.2) is 41.2 Å². The SMILES string of the molecule is C[C@@H](C(=O)O)N1CC[C@@H](Oc2ccccc2Sc2ccc(C(C)(C)C)cc2)C1. The van der Waals surface area contributed by atoms with E-state index in [1.54, 1.807) is 18.7 Å². The largest absolute Gasteiger partial charge is 0.488 e. The molecule has 2 atom stereocenters. The Bertz CT molecular complexity index is 813. The molecule has 5 heteroatoms. The first kappa shape index (κ1) is 20.7. The average molecular weight is 400 g/mol. The zero-order chi connectivity index (χ0) is 20.3. The summed E-state index contributed by atoms with van der Waals surface area (Å²) >= 11 is 1.70. The molecule has 0 bridgehead atoms. The zero-order valence-corrected chi connectivity index (χ0v) is 17.8. The molecular formula is C23H29NO3S. The van der Waals surface area contributed by atoms with Crippen molar-refractivity contribution < 1.29 is 14.6 Å². The van der Waals surface area contributed by atoms with E-state index < -0.39 is 12.0 Å². The molecule has 0 spiro atoms. The van der Waals surface area contributed by atoms with Crippen LogP contribution >= 0.6 is 11.8 Å². The van der Waals surface area contributed by atoms with E-state index in [9.17, 15) is 9.90 Å². The molecule has 2 aromatic carbocycles. The molecule has 1 aliphatic heterocycles. The van der Waals surface area contributed by atoms with Crippen LogP contribution in [0.5, 0.6) is 5.75 Å². The molecule has 0 aromatic heterocycles. The summed E-state index contributed by atoms with van der Waals surface area (Å²) in [7, 11) is 0. The van der Waals surface area contributed by atoms with Gasteiger partial charge in [0.25, 0.3) is 0 Å². The Hall–Kier alpha value is -1.98. The molecule has 2 aromatic rings. The van der Waals surface area contributed by atoms with Crippen LogP contribution in [0.15, 0.2) is 58.3 Å². The average Bonchev–Trinajstić information content (AvgIpc) is 3.11. The minimum absolute atomic E-state index is 0.0202. The van der Waals surface area contributed by atoms with E-state index in [4.69, 9.17) is 4.74 Å². The lowest BCUT2D eigenvalue weighted by Crippen LogP contribution is -2.38. The Labute approximate surface area is 171 Å². The van der Waals surface area contributed by atoms with E-state index in [0.717, 1.165) is 23.6 Å². The van der Waals surface area contributed by atoms with Crippen molar-refractivity contribution in [3.8, 4) is 5.75 Å². The number of hydrogen-bond acceptors (Lipinski definition) is 4. The van der Waals surface area contributed by atoms with E-state index >= 15 is 0 Å². The van der Waals surface area contributed by atoms with Gasteiger partial charge in [-0.05, 0) is 48.6 Å². The van der Waals surface area contributed by atoms with Gasteiger partial charge in [0, 0.05) is 18.0 Å². The second-order valence-electron chi connectivity index (χ2n) is 8.36. The summed E-state index contributed by atoms with van der Waals surface area (Å²) in [6.45, 7) is 9.78. The molecule has 1 fully saturated rings. The Balaban J connectivity index is 1.68. The predicted octanol–water partition coefficient (Wildman–Crippen LogP) is 5.06. The molecule has 1 saturated heterocycles. The molecule has 4 nitrogen and oxygen atoms in total. The smallest absolute Gasteiger partial charge is 0.320 e. The third kappa shape index (κ3) is 5.09. The first-order valence-electron chi connectivity index (χ1n) is 9.75. The fraction of sp³-hybridized carbons (Fsp3) is 0.435. The summed E-state index contributed by atoms with van der Waals surface area (Å²) in [6.07, 6.45) is 0.864. The molecule has 1 heterocycles. The van der Waals surface area contributed by atoms with Crippen LogP contribution in [0.25, 0.3) is 0 Å². The van der Waals surface area contributed by atoms with Crippen LogP contribution in [0.1, 0.15) is 39.7 Å². The van der Waals surface area contributed by atoms with Gasteiger partial charge in [-0.2, -0.15) is 0 Å². The van der Waals surface area contributed by atoms with E-state index in [1.807, 2.05) is 23.1 Å². The van der Waals surface area contributed by atoms with Gasteiger partial charge in [0.15, 0.2) is 0 Å². The monoisotopic (exact) mass is 399 g/mol. The fourth-order valence-electron chi connectivity index (χ4n) is 3.32.